The fourth-order valence-corrected chi connectivity index (χ4v) is 4.16. The van der Waals surface area contributed by atoms with E-state index in [2.05, 4.69) is 11.4 Å². The number of sulfonamides is 1. The van der Waals surface area contributed by atoms with Crippen molar-refractivity contribution < 1.29 is 17.9 Å². The lowest BCUT2D eigenvalue weighted by atomic mass is 10.1. The van der Waals surface area contributed by atoms with E-state index in [9.17, 15) is 13.2 Å². The number of carbonyl (C=O) groups excluding carboxylic acids is 1. The Morgan fingerprint density at radius 3 is 2.30 bits per heavy atom. The lowest BCUT2D eigenvalue weighted by Gasteiger charge is -2.14. The van der Waals surface area contributed by atoms with Crippen LogP contribution in [0.15, 0.2) is 53.4 Å². The van der Waals surface area contributed by atoms with Crippen molar-refractivity contribution in [1.29, 1.82) is 5.26 Å². The molecule has 3 aromatic carbocycles. The molecule has 3 aromatic rings. The molecule has 0 aromatic heterocycles. The molecule has 7 nitrogen and oxygen atoms in total. The van der Waals surface area contributed by atoms with Gasteiger partial charge in [-0.3, -0.25) is 4.79 Å². The molecule has 0 heterocycles. The van der Waals surface area contributed by atoms with Crippen LogP contribution >= 0.6 is 23.2 Å². The summed E-state index contributed by atoms with van der Waals surface area (Å²) in [6.07, 6.45) is -0.00781. The molecule has 33 heavy (non-hydrogen) atoms. The number of amides is 1. The predicted molar refractivity (Wildman–Crippen MR) is 127 cm³/mol. The van der Waals surface area contributed by atoms with Crippen LogP contribution in [0.3, 0.4) is 0 Å². The first-order valence-electron chi connectivity index (χ1n) is 9.57. The van der Waals surface area contributed by atoms with Crippen molar-refractivity contribution in [2.24, 2.45) is 5.14 Å². The van der Waals surface area contributed by atoms with E-state index in [4.69, 9.17) is 38.3 Å². The first-order valence-corrected chi connectivity index (χ1v) is 11.9. The maximum absolute atomic E-state index is 12.5. The molecular formula is C23H19Cl2N3O4S. The highest BCUT2D eigenvalue weighted by atomic mass is 35.5. The SMILES string of the molecule is Cc1cc(C#N)cc(C)c1Oc1cc(CC(=O)Nc2ccc(S(N)(=O)=O)cc2Cl)ccc1Cl. The average molecular weight is 504 g/mol. The summed E-state index contributed by atoms with van der Waals surface area (Å²) in [4.78, 5) is 12.4. The minimum Gasteiger partial charge on any atom is -0.455 e. The Balaban J connectivity index is 1.78. The molecule has 0 aliphatic rings. The molecule has 0 spiro atoms. The van der Waals surface area contributed by atoms with E-state index >= 15 is 0 Å². The third kappa shape index (κ3) is 6.03. The Morgan fingerprint density at radius 2 is 1.73 bits per heavy atom. The topological polar surface area (TPSA) is 122 Å². The summed E-state index contributed by atoms with van der Waals surface area (Å²) in [6.45, 7) is 3.67. The fraction of sp³-hybridized carbons (Fsp3) is 0.130. The van der Waals surface area contributed by atoms with Crippen LogP contribution in [0, 0.1) is 25.2 Å². The molecule has 0 atom stereocenters. The highest BCUT2D eigenvalue weighted by molar-refractivity contribution is 7.89. The minimum atomic E-state index is -3.90. The molecule has 1 amide bonds. The number of hydrogen-bond donors (Lipinski definition) is 2. The van der Waals surface area contributed by atoms with E-state index in [0.29, 0.717) is 27.6 Å². The molecule has 0 saturated heterocycles. The van der Waals surface area contributed by atoms with Gasteiger partial charge in [-0.25, -0.2) is 13.6 Å². The van der Waals surface area contributed by atoms with E-state index in [1.165, 1.54) is 18.2 Å². The number of benzene rings is 3. The number of hydrogen-bond acceptors (Lipinski definition) is 5. The summed E-state index contributed by atoms with van der Waals surface area (Å²) in [6, 6.07) is 14.3. The van der Waals surface area contributed by atoms with E-state index in [-0.39, 0.29) is 27.9 Å². The van der Waals surface area contributed by atoms with E-state index in [1.807, 2.05) is 13.8 Å². The van der Waals surface area contributed by atoms with Gasteiger partial charge >= 0.3 is 0 Å². The molecule has 0 bridgehead atoms. The predicted octanol–water partition coefficient (Wildman–Crippen LogP) is 5.10. The molecule has 3 rings (SSSR count). The molecule has 3 N–H and O–H groups in total. The Morgan fingerprint density at radius 1 is 1.06 bits per heavy atom. The number of halogens is 2. The van der Waals surface area contributed by atoms with Gasteiger partial charge in [-0.1, -0.05) is 29.3 Å². The zero-order valence-electron chi connectivity index (χ0n) is 17.6. The molecule has 0 unspecified atom stereocenters. The van der Waals surface area contributed by atoms with Crippen LogP contribution in [0.5, 0.6) is 11.5 Å². The summed E-state index contributed by atoms with van der Waals surface area (Å²) in [5.74, 6) is 0.576. The lowest BCUT2D eigenvalue weighted by Crippen LogP contribution is -2.16. The van der Waals surface area contributed by atoms with Gasteiger partial charge in [-0.15, -0.1) is 0 Å². The minimum absolute atomic E-state index is 0.00781. The monoisotopic (exact) mass is 503 g/mol. The number of ether oxygens (including phenoxy) is 1. The van der Waals surface area contributed by atoms with E-state index < -0.39 is 10.0 Å². The van der Waals surface area contributed by atoms with Crippen molar-refractivity contribution in [3.8, 4) is 17.6 Å². The first kappa shape index (κ1) is 24.6. The zero-order valence-corrected chi connectivity index (χ0v) is 20.0. The third-order valence-corrected chi connectivity index (χ3v) is 6.24. The lowest BCUT2D eigenvalue weighted by molar-refractivity contribution is -0.115. The standard InChI is InChI=1S/C23H19Cl2N3O4S/c1-13-7-16(12-26)8-14(2)23(13)32-21-9-15(3-5-18(21)24)10-22(29)28-20-6-4-17(11-19(20)25)33(27,30)31/h3-9,11H,10H2,1-2H3,(H,28,29)(H2,27,30,31). The molecule has 0 fully saturated rings. The number of nitrogens with zero attached hydrogens (tertiary/aromatic N) is 1. The van der Waals surface area contributed by atoms with E-state index in [0.717, 1.165) is 11.1 Å². The summed E-state index contributed by atoms with van der Waals surface area (Å²) in [7, 11) is -3.90. The van der Waals surface area contributed by atoms with Gasteiger partial charge in [0.15, 0.2) is 0 Å². The van der Waals surface area contributed by atoms with Crippen LogP contribution < -0.4 is 15.2 Å². The molecular weight excluding hydrogens is 485 g/mol. The smallest absolute Gasteiger partial charge is 0.238 e. The highest BCUT2D eigenvalue weighted by Gasteiger charge is 2.15. The van der Waals surface area contributed by atoms with Gasteiger partial charge < -0.3 is 10.1 Å². The van der Waals surface area contributed by atoms with Gasteiger partial charge in [0.2, 0.25) is 15.9 Å². The van der Waals surface area contributed by atoms with Crippen molar-refractivity contribution >= 4 is 44.8 Å². The summed E-state index contributed by atoms with van der Waals surface area (Å²) < 4.78 is 28.9. The first-order chi connectivity index (χ1) is 15.5. The van der Waals surface area contributed by atoms with Gasteiger partial charge in [0.05, 0.1) is 38.7 Å². The third-order valence-electron chi connectivity index (χ3n) is 4.70. The number of anilines is 1. The largest absolute Gasteiger partial charge is 0.455 e. The number of nitriles is 1. The second kappa shape index (κ2) is 9.81. The van der Waals surface area contributed by atoms with Gasteiger partial charge in [0.1, 0.15) is 11.5 Å². The number of carbonyl (C=O) groups is 1. The summed E-state index contributed by atoms with van der Waals surface area (Å²) in [5, 5.41) is 17.2. The molecule has 10 heteroatoms. The average Bonchev–Trinajstić information content (AvgIpc) is 2.73. The molecule has 0 radical (unpaired) electrons. The van der Waals surface area contributed by atoms with E-state index in [1.54, 1.807) is 30.3 Å². The quantitative estimate of drug-likeness (QED) is 0.484. The zero-order chi connectivity index (χ0) is 24.3. The normalized spacial score (nSPS) is 11.0. The Bertz CT molecular complexity index is 1380. The van der Waals surface area contributed by atoms with Crippen molar-refractivity contribution in [3.05, 3.63) is 80.8 Å². The second-order valence-electron chi connectivity index (χ2n) is 7.33. The van der Waals surface area contributed by atoms with Gasteiger partial charge in [0, 0.05) is 0 Å². The van der Waals surface area contributed by atoms with Crippen molar-refractivity contribution in [1.82, 2.24) is 0 Å². The summed E-state index contributed by atoms with van der Waals surface area (Å²) in [5.41, 5.74) is 2.98. The van der Waals surface area contributed by atoms with Crippen molar-refractivity contribution in [3.63, 3.8) is 0 Å². The van der Waals surface area contributed by atoms with Gasteiger partial charge in [-0.05, 0) is 73.0 Å². The van der Waals surface area contributed by atoms with Crippen LogP contribution in [0.4, 0.5) is 5.69 Å². The van der Waals surface area contributed by atoms with Gasteiger partial charge in [0.25, 0.3) is 0 Å². The number of rotatable bonds is 6. The molecule has 0 aliphatic heterocycles. The number of nitrogens with one attached hydrogen (secondary N) is 1. The second-order valence-corrected chi connectivity index (χ2v) is 9.71. The summed E-state index contributed by atoms with van der Waals surface area (Å²) >= 11 is 12.4. The molecule has 0 aliphatic carbocycles. The van der Waals surface area contributed by atoms with Crippen LogP contribution in [0.2, 0.25) is 10.0 Å². The molecule has 170 valence electrons. The Hall–Kier alpha value is -3.09. The van der Waals surface area contributed by atoms with Crippen LogP contribution in [0.25, 0.3) is 0 Å². The highest BCUT2D eigenvalue weighted by Crippen LogP contribution is 2.35. The van der Waals surface area contributed by atoms with Crippen LogP contribution in [0.1, 0.15) is 22.3 Å². The number of primary sulfonamides is 1. The fourth-order valence-electron chi connectivity index (χ4n) is 3.18. The number of aryl methyl sites for hydroxylation is 2. The maximum atomic E-state index is 12.5. The number of nitrogens with two attached hydrogens (primary N) is 1. The van der Waals surface area contributed by atoms with Crippen molar-refractivity contribution in [2.75, 3.05) is 5.32 Å². The maximum Gasteiger partial charge on any atom is 0.238 e. The molecule has 0 saturated carbocycles. The van der Waals surface area contributed by atoms with Crippen LogP contribution in [-0.4, -0.2) is 14.3 Å². The van der Waals surface area contributed by atoms with Crippen molar-refractivity contribution in [2.45, 2.75) is 25.2 Å². The Labute approximate surface area is 201 Å². The Kier molecular flexibility index (Phi) is 7.30. The van der Waals surface area contributed by atoms with Crippen LogP contribution in [-0.2, 0) is 21.2 Å². The van der Waals surface area contributed by atoms with Gasteiger partial charge in [-0.2, -0.15) is 5.26 Å².